The van der Waals surface area contributed by atoms with E-state index in [4.69, 9.17) is 4.74 Å². The third-order valence-corrected chi connectivity index (χ3v) is 3.99. The van der Waals surface area contributed by atoms with E-state index in [9.17, 15) is 0 Å². The summed E-state index contributed by atoms with van der Waals surface area (Å²) in [4.78, 5) is 2.60. The predicted octanol–water partition coefficient (Wildman–Crippen LogP) is 2.29. The zero-order valence-electron chi connectivity index (χ0n) is 9.59. The molecular weight excluding hydrogens is 174 g/mol. The van der Waals surface area contributed by atoms with Gasteiger partial charge in [-0.15, -0.1) is 0 Å². The first-order valence-electron chi connectivity index (χ1n) is 6.04. The van der Waals surface area contributed by atoms with E-state index in [1.54, 1.807) is 0 Å². The minimum Gasteiger partial charge on any atom is -0.381 e. The molecule has 0 atom stereocenters. The summed E-state index contributed by atoms with van der Waals surface area (Å²) in [7, 11) is 0. The predicted molar refractivity (Wildman–Crippen MR) is 58.4 cm³/mol. The Morgan fingerprint density at radius 2 is 1.86 bits per heavy atom. The molecule has 0 aliphatic carbocycles. The summed E-state index contributed by atoms with van der Waals surface area (Å²) in [5, 5.41) is 0. The molecule has 2 nitrogen and oxygen atoms in total. The quantitative estimate of drug-likeness (QED) is 0.639. The van der Waals surface area contributed by atoms with Crippen molar-refractivity contribution in [3.8, 4) is 0 Å². The van der Waals surface area contributed by atoms with Gasteiger partial charge in [-0.2, -0.15) is 0 Å². The highest BCUT2D eigenvalue weighted by molar-refractivity contribution is 4.88. The Bertz CT molecular complexity index is 175. The van der Waals surface area contributed by atoms with E-state index >= 15 is 0 Å². The molecule has 2 rings (SSSR count). The van der Waals surface area contributed by atoms with Crippen molar-refractivity contribution in [1.29, 1.82) is 0 Å². The first kappa shape index (κ1) is 10.4. The van der Waals surface area contributed by atoms with Crippen molar-refractivity contribution < 1.29 is 4.74 Å². The van der Waals surface area contributed by atoms with Crippen molar-refractivity contribution in [2.45, 2.75) is 45.6 Å². The molecule has 0 saturated carbocycles. The number of hydrogen-bond acceptors (Lipinski definition) is 2. The summed E-state index contributed by atoms with van der Waals surface area (Å²) in [6.45, 7) is 9.18. The second-order valence-corrected chi connectivity index (χ2v) is 5.29. The van der Waals surface area contributed by atoms with E-state index in [0.717, 1.165) is 19.3 Å². The molecule has 0 N–H and O–H groups in total. The summed E-state index contributed by atoms with van der Waals surface area (Å²) in [6, 6.07) is 0.719. The van der Waals surface area contributed by atoms with Crippen LogP contribution in [0.15, 0.2) is 0 Å². The van der Waals surface area contributed by atoms with Crippen LogP contribution < -0.4 is 0 Å². The molecule has 0 aromatic heterocycles. The molecule has 2 heteroatoms. The molecule has 82 valence electrons. The van der Waals surface area contributed by atoms with E-state index < -0.39 is 0 Å². The fraction of sp³-hybridized carbons (Fsp3) is 1.00. The van der Waals surface area contributed by atoms with Crippen molar-refractivity contribution >= 4 is 0 Å². The smallest absolute Gasteiger partial charge is 0.0523 e. The largest absolute Gasteiger partial charge is 0.381 e. The molecule has 0 unspecified atom stereocenters. The zero-order chi connectivity index (χ0) is 10.0. The molecule has 2 heterocycles. The van der Waals surface area contributed by atoms with Gasteiger partial charge in [0.15, 0.2) is 0 Å². The molecule has 2 aliphatic rings. The van der Waals surface area contributed by atoms with Crippen molar-refractivity contribution in [2.24, 2.45) is 5.41 Å². The molecule has 0 aromatic carbocycles. The van der Waals surface area contributed by atoms with Crippen LogP contribution in [0.3, 0.4) is 0 Å². The molecule has 0 amide bonds. The maximum absolute atomic E-state index is 5.64. The molecule has 1 spiro atoms. The lowest BCUT2D eigenvalue weighted by molar-refractivity contribution is -0.0465. The van der Waals surface area contributed by atoms with Gasteiger partial charge in [-0.05, 0) is 58.0 Å². The molecule has 14 heavy (non-hydrogen) atoms. The van der Waals surface area contributed by atoms with Crippen LogP contribution in [-0.2, 0) is 4.74 Å². The number of rotatable bonds is 1. The highest BCUT2D eigenvalue weighted by Gasteiger charge is 2.36. The Morgan fingerprint density at radius 1 is 1.14 bits per heavy atom. The lowest BCUT2D eigenvalue weighted by atomic mass is 9.74. The topological polar surface area (TPSA) is 12.5 Å². The number of likely N-dealkylation sites (tertiary alicyclic amines) is 1. The van der Waals surface area contributed by atoms with Crippen molar-refractivity contribution in [2.75, 3.05) is 26.3 Å². The van der Waals surface area contributed by atoms with Gasteiger partial charge in [0.2, 0.25) is 0 Å². The van der Waals surface area contributed by atoms with E-state index in [1.807, 2.05) is 0 Å². The fourth-order valence-electron chi connectivity index (χ4n) is 2.82. The second kappa shape index (κ2) is 4.19. The van der Waals surface area contributed by atoms with Gasteiger partial charge in [0.25, 0.3) is 0 Å². The molecular formula is C12H23NO. The van der Waals surface area contributed by atoms with E-state index in [-0.39, 0.29) is 0 Å². The number of piperidine rings is 1. The van der Waals surface area contributed by atoms with Crippen LogP contribution in [0.25, 0.3) is 0 Å². The minimum absolute atomic E-state index is 0.559. The maximum atomic E-state index is 5.64. The zero-order valence-corrected chi connectivity index (χ0v) is 9.59. The Kier molecular flexibility index (Phi) is 3.13. The number of nitrogens with zero attached hydrogens (tertiary/aromatic N) is 1. The Labute approximate surface area is 87.6 Å². The first-order valence-corrected chi connectivity index (χ1v) is 6.04. The van der Waals surface area contributed by atoms with Gasteiger partial charge in [0, 0.05) is 12.6 Å². The monoisotopic (exact) mass is 197 g/mol. The lowest BCUT2D eigenvalue weighted by Gasteiger charge is -2.45. The van der Waals surface area contributed by atoms with E-state index in [1.165, 1.54) is 38.8 Å². The van der Waals surface area contributed by atoms with Crippen LogP contribution in [0.5, 0.6) is 0 Å². The summed E-state index contributed by atoms with van der Waals surface area (Å²) < 4.78 is 5.64. The van der Waals surface area contributed by atoms with Crippen molar-refractivity contribution in [3.05, 3.63) is 0 Å². The van der Waals surface area contributed by atoms with Crippen LogP contribution in [0, 0.1) is 5.41 Å². The first-order chi connectivity index (χ1) is 6.72. The van der Waals surface area contributed by atoms with Gasteiger partial charge in [0.1, 0.15) is 0 Å². The molecule has 2 saturated heterocycles. The van der Waals surface area contributed by atoms with Crippen LogP contribution in [0.4, 0.5) is 0 Å². The second-order valence-electron chi connectivity index (χ2n) is 5.29. The summed E-state index contributed by atoms with van der Waals surface area (Å²) in [5.41, 5.74) is 0.559. The molecule has 0 radical (unpaired) electrons. The molecule has 0 bridgehead atoms. The van der Waals surface area contributed by atoms with E-state index in [0.29, 0.717) is 5.41 Å². The van der Waals surface area contributed by atoms with E-state index in [2.05, 4.69) is 18.7 Å². The lowest BCUT2D eigenvalue weighted by Crippen LogP contribution is -2.46. The minimum atomic E-state index is 0.559. The van der Waals surface area contributed by atoms with Gasteiger partial charge in [-0.1, -0.05) is 0 Å². The average Bonchev–Trinajstić information content (AvgIpc) is 2.19. The molecule has 0 aromatic rings. The van der Waals surface area contributed by atoms with Gasteiger partial charge >= 0.3 is 0 Å². The summed E-state index contributed by atoms with van der Waals surface area (Å²) in [5.74, 6) is 0. The van der Waals surface area contributed by atoms with Crippen LogP contribution in [0.1, 0.15) is 39.5 Å². The maximum Gasteiger partial charge on any atom is 0.0523 e. The van der Waals surface area contributed by atoms with Gasteiger partial charge in [0.05, 0.1) is 6.61 Å². The highest BCUT2D eigenvalue weighted by atomic mass is 16.5. The molecule has 2 fully saturated rings. The van der Waals surface area contributed by atoms with Crippen LogP contribution in [-0.4, -0.2) is 37.2 Å². The standard InChI is InChI=1S/C12H23NO/c1-11(2)13-7-5-12(6-8-13)4-3-9-14-10-12/h11H,3-10H2,1-2H3. The van der Waals surface area contributed by atoms with Gasteiger partial charge in [-0.25, -0.2) is 0 Å². The van der Waals surface area contributed by atoms with Crippen molar-refractivity contribution in [1.82, 2.24) is 4.90 Å². The number of ether oxygens (including phenoxy) is 1. The van der Waals surface area contributed by atoms with Crippen LogP contribution >= 0.6 is 0 Å². The summed E-state index contributed by atoms with van der Waals surface area (Å²) in [6.07, 6.45) is 5.39. The molecule has 2 aliphatic heterocycles. The average molecular weight is 197 g/mol. The SMILES string of the molecule is CC(C)N1CCC2(CCCOC2)CC1. The Balaban J connectivity index is 1.87. The normalized spacial score (nSPS) is 28.5. The third kappa shape index (κ3) is 2.12. The summed E-state index contributed by atoms with van der Waals surface area (Å²) >= 11 is 0. The van der Waals surface area contributed by atoms with Gasteiger partial charge in [-0.3, -0.25) is 0 Å². The Hall–Kier alpha value is -0.0800. The Morgan fingerprint density at radius 3 is 2.36 bits per heavy atom. The fourth-order valence-corrected chi connectivity index (χ4v) is 2.82. The highest BCUT2D eigenvalue weighted by Crippen LogP contribution is 2.39. The van der Waals surface area contributed by atoms with Crippen LogP contribution in [0.2, 0.25) is 0 Å². The third-order valence-electron chi connectivity index (χ3n) is 3.99. The number of hydrogen-bond donors (Lipinski definition) is 0. The van der Waals surface area contributed by atoms with Crippen molar-refractivity contribution in [3.63, 3.8) is 0 Å². The van der Waals surface area contributed by atoms with Gasteiger partial charge < -0.3 is 9.64 Å².